The fourth-order valence-corrected chi connectivity index (χ4v) is 3.67. The number of halogens is 1. The molecule has 0 amide bonds. The number of nitrogens with one attached hydrogen (secondary N) is 1. The molecule has 0 radical (unpaired) electrons. The van der Waals surface area contributed by atoms with E-state index >= 15 is 0 Å². The van der Waals surface area contributed by atoms with Crippen LogP contribution in [-0.2, 0) is 6.54 Å². The van der Waals surface area contributed by atoms with Gasteiger partial charge in [-0.05, 0) is 49.2 Å². The topological polar surface area (TPSA) is 53.9 Å². The zero-order chi connectivity index (χ0) is 17.9. The largest absolute Gasteiger partial charge is 0.347 e. The number of para-hydroxylation sites is 1. The van der Waals surface area contributed by atoms with Crippen LogP contribution in [0.25, 0.3) is 5.69 Å². The van der Waals surface area contributed by atoms with E-state index in [9.17, 15) is 9.18 Å². The van der Waals surface area contributed by atoms with Crippen LogP contribution in [-0.4, -0.2) is 32.8 Å². The Morgan fingerprint density at radius 2 is 1.88 bits per heavy atom. The molecular weight excluding hydrogens is 331 g/mol. The molecule has 1 aliphatic rings. The van der Waals surface area contributed by atoms with E-state index in [1.165, 1.54) is 12.1 Å². The summed E-state index contributed by atoms with van der Waals surface area (Å²) < 4.78 is 14.8. The first kappa shape index (κ1) is 16.7. The third kappa shape index (κ3) is 3.46. The van der Waals surface area contributed by atoms with Gasteiger partial charge in [-0.15, -0.1) is 0 Å². The van der Waals surface area contributed by atoms with Crippen LogP contribution in [0, 0.1) is 5.82 Å². The summed E-state index contributed by atoms with van der Waals surface area (Å²) >= 11 is 0. The van der Waals surface area contributed by atoms with Gasteiger partial charge in [-0.3, -0.25) is 4.90 Å². The Balaban J connectivity index is 1.55. The summed E-state index contributed by atoms with van der Waals surface area (Å²) in [5, 5.41) is 6.92. The Morgan fingerprint density at radius 1 is 1.12 bits per heavy atom. The lowest BCUT2D eigenvalue weighted by molar-refractivity contribution is 0.195. The number of nitrogens with zero attached hydrogens (tertiary/aromatic N) is 3. The van der Waals surface area contributed by atoms with Crippen LogP contribution in [0.2, 0.25) is 0 Å². The Kier molecular flexibility index (Phi) is 4.67. The minimum atomic E-state index is -0.214. The number of H-pyrrole nitrogens is 1. The summed E-state index contributed by atoms with van der Waals surface area (Å²) in [5.74, 6) is 0.752. The predicted octanol–water partition coefficient (Wildman–Crippen LogP) is 3.08. The number of benzene rings is 2. The van der Waals surface area contributed by atoms with Crippen molar-refractivity contribution in [2.45, 2.75) is 25.3 Å². The molecule has 0 bridgehead atoms. The molecule has 1 atom stereocenters. The second-order valence-corrected chi connectivity index (χ2v) is 6.76. The highest BCUT2D eigenvalue weighted by atomic mass is 19.1. The summed E-state index contributed by atoms with van der Waals surface area (Å²) in [4.78, 5) is 14.6. The number of likely N-dealkylation sites (tertiary alicyclic amines) is 1. The van der Waals surface area contributed by atoms with Crippen LogP contribution in [0.5, 0.6) is 0 Å². The van der Waals surface area contributed by atoms with Crippen molar-refractivity contribution in [3.8, 4) is 5.69 Å². The molecule has 0 saturated carbocycles. The standard InChI is InChI=1S/C20H21FN4O/c21-17-10-8-15(9-11-17)13-24-12-4-5-16(14-24)19-22-23-20(26)25(19)18-6-2-1-3-7-18/h1-3,6-11,16H,4-5,12-14H2,(H,23,26)/t16-/m0/s1. The van der Waals surface area contributed by atoms with E-state index in [4.69, 9.17) is 0 Å². The van der Waals surface area contributed by atoms with Crippen molar-refractivity contribution < 1.29 is 4.39 Å². The monoisotopic (exact) mass is 352 g/mol. The number of hydrogen-bond donors (Lipinski definition) is 1. The summed E-state index contributed by atoms with van der Waals surface area (Å²) in [6, 6.07) is 16.2. The number of hydrogen-bond acceptors (Lipinski definition) is 3. The molecule has 1 N–H and O–H groups in total. The molecule has 0 spiro atoms. The smallest absolute Gasteiger partial charge is 0.298 e. The Morgan fingerprint density at radius 3 is 2.65 bits per heavy atom. The van der Waals surface area contributed by atoms with Gasteiger partial charge in [0, 0.05) is 19.0 Å². The second-order valence-electron chi connectivity index (χ2n) is 6.76. The highest BCUT2D eigenvalue weighted by Crippen LogP contribution is 2.27. The Labute approximate surface area is 151 Å². The molecule has 0 aliphatic carbocycles. The maximum absolute atomic E-state index is 13.1. The molecule has 2 heterocycles. The number of aromatic nitrogens is 3. The molecule has 1 aliphatic heterocycles. The van der Waals surface area contributed by atoms with Crippen molar-refractivity contribution in [1.29, 1.82) is 0 Å². The molecule has 2 aromatic carbocycles. The molecule has 134 valence electrons. The van der Waals surface area contributed by atoms with Crippen molar-refractivity contribution in [2.24, 2.45) is 0 Å². The summed E-state index contributed by atoms with van der Waals surface area (Å²) in [5.41, 5.74) is 1.72. The van der Waals surface area contributed by atoms with Gasteiger partial charge in [0.1, 0.15) is 11.6 Å². The predicted molar refractivity (Wildman–Crippen MR) is 97.8 cm³/mol. The highest BCUT2D eigenvalue weighted by Gasteiger charge is 2.26. The molecule has 3 aromatic rings. The molecule has 26 heavy (non-hydrogen) atoms. The molecule has 5 nitrogen and oxygen atoms in total. The third-order valence-electron chi connectivity index (χ3n) is 4.90. The molecular formula is C20H21FN4O. The van der Waals surface area contributed by atoms with Gasteiger partial charge in [0.25, 0.3) is 0 Å². The van der Waals surface area contributed by atoms with Gasteiger partial charge in [-0.1, -0.05) is 30.3 Å². The first-order chi connectivity index (χ1) is 12.7. The summed E-state index contributed by atoms with van der Waals surface area (Å²) in [7, 11) is 0. The molecule has 1 aromatic heterocycles. The van der Waals surface area contributed by atoms with E-state index in [2.05, 4.69) is 15.1 Å². The van der Waals surface area contributed by atoms with Gasteiger partial charge >= 0.3 is 5.69 Å². The quantitative estimate of drug-likeness (QED) is 0.785. The van der Waals surface area contributed by atoms with Gasteiger partial charge in [0.05, 0.1) is 5.69 Å². The molecule has 0 unspecified atom stereocenters. The van der Waals surface area contributed by atoms with Crippen LogP contribution < -0.4 is 5.69 Å². The lowest BCUT2D eigenvalue weighted by Crippen LogP contribution is -2.35. The first-order valence-corrected chi connectivity index (χ1v) is 8.90. The van der Waals surface area contributed by atoms with E-state index in [-0.39, 0.29) is 17.4 Å². The SMILES string of the molecule is O=c1[nH]nc([C@H]2CCCN(Cc3ccc(F)cc3)C2)n1-c1ccccc1. The average Bonchev–Trinajstić information content (AvgIpc) is 3.06. The minimum Gasteiger partial charge on any atom is -0.298 e. The number of aromatic amines is 1. The van der Waals surface area contributed by atoms with Crippen LogP contribution in [0.1, 0.15) is 30.1 Å². The highest BCUT2D eigenvalue weighted by molar-refractivity contribution is 5.32. The van der Waals surface area contributed by atoms with Gasteiger partial charge in [0.2, 0.25) is 0 Å². The fraction of sp³-hybridized carbons (Fsp3) is 0.300. The maximum atomic E-state index is 13.1. The lowest BCUT2D eigenvalue weighted by atomic mass is 9.96. The van der Waals surface area contributed by atoms with E-state index < -0.39 is 0 Å². The van der Waals surface area contributed by atoms with Gasteiger partial charge in [-0.2, -0.15) is 5.10 Å². The van der Waals surface area contributed by atoms with Crippen molar-refractivity contribution in [3.63, 3.8) is 0 Å². The zero-order valence-corrected chi connectivity index (χ0v) is 14.4. The first-order valence-electron chi connectivity index (χ1n) is 8.90. The molecule has 6 heteroatoms. The van der Waals surface area contributed by atoms with Crippen LogP contribution in [0.4, 0.5) is 4.39 Å². The Bertz CT molecular complexity index is 917. The summed E-state index contributed by atoms with van der Waals surface area (Å²) in [6.45, 7) is 2.60. The Hall–Kier alpha value is -2.73. The van der Waals surface area contributed by atoms with E-state index in [1.807, 2.05) is 42.5 Å². The minimum absolute atomic E-state index is 0.184. The van der Waals surface area contributed by atoms with Crippen LogP contribution >= 0.6 is 0 Å². The van der Waals surface area contributed by atoms with Crippen molar-refractivity contribution in [3.05, 3.63) is 82.3 Å². The third-order valence-corrected chi connectivity index (χ3v) is 4.90. The van der Waals surface area contributed by atoms with Gasteiger partial charge in [-0.25, -0.2) is 18.9 Å². The van der Waals surface area contributed by atoms with E-state index in [0.29, 0.717) is 0 Å². The maximum Gasteiger partial charge on any atom is 0.347 e. The number of piperidine rings is 1. The zero-order valence-electron chi connectivity index (χ0n) is 14.4. The second kappa shape index (κ2) is 7.25. The number of rotatable bonds is 4. The van der Waals surface area contributed by atoms with E-state index in [0.717, 1.165) is 49.6 Å². The molecule has 4 rings (SSSR count). The van der Waals surface area contributed by atoms with E-state index in [1.54, 1.807) is 4.57 Å². The summed E-state index contributed by atoms with van der Waals surface area (Å²) in [6.07, 6.45) is 2.04. The van der Waals surface area contributed by atoms with Gasteiger partial charge < -0.3 is 0 Å². The van der Waals surface area contributed by atoms with Crippen molar-refractivity contribution in [2.75, 3.05) is 13.1 Å². The average molecular weight is 352 g/mol. The van der Waals surface area contributed by atoms with Crippen molar-refractivity contribution in [1.82, 2.24) is 19.7 Å². The molecule has 1 fully saturated rings. The normalized spacial score (nSPS) is 18.1. The van der Waals surface area contributed by atoms with Crippen molar-refractivity contribution >= 4 is 0 Å². The van der Waals surface area contributed by atoms with Crippen LogP contribution in [0.3, 0.4) is 0 Å². The van der Waals surface area contributed by atoms with Crippen LogP contribution in [0.15, 0.2) is 59.4 Å². The molecule has 1 saturated heterocycles. The van der Waals surface area contributed by atoms with Gasteiger partial charge in [0.15, 0.2) is 0 Å². The fourth-order valence-electron chi connectivity index (χ4n) is 3.67. The lowest BCUT2D eigenvalue weighted by Gasteiger charge is -2.32.